The van der Waals surface area contributed by atoms with E-state index in [1.807, 2.05) is 12.1 Å². The van der Waals surface area contributed by atoms with Gasteiger partial charge in [-0.3, -0.25) is 4.90 Å². The van der Waals surface area contributed by atoms with Crippen LogP contribution >= 0.6 is 0 Å². The normalized spacial score (nSPS) is 29.4. The zero-order valence-electron chi connectivity index (χ0n) is 12.3. The minimum absolute atomic E-state index is 0.400. The number of hydrogen-bond donors (Lipinski definition) is 1. The summed E-state index contributed by atoms with van der Waals surface area (Å²) >= 11 is 0. The van der Waals surface area contributed by atoms with Crippen LogP contribution in [0.4, 0.5) is 0 Å². The molecule has 0 aromatic heterocycles. The zero-order chi connectivity index (χ0) is 14.1. The number of nitrogens with zero attached hydrogens (tertiary/aromatic N) is 1. The van der Waals surface area contributed by atoms with Gasteiger partial charge in [0, 0.05) is 31.2 Å². The lowest BCUT2D eigenvalue weighted by Crippen LogP contribution is -2.30. The first-order valence-corrected chi connectivity index (χ1v) is 7.40. The van der Waals surface area contributed by atoms with Gasteiger partial charge in [-0.1, -0.05) is 0 Å². The van der Waals surface area contributed by atoms with E-state index in [2.05, 4.69) is 11.0 Å². The Bertz CT molecular complexity index is 478. The molecule has 1 aromatic carbocycles. The number of nitrogens with two attached hydrogens (primary N) is 1. The third-order valence-corrected chi connectivity index (χ3v) is 4.87. The van der Waals surface area contributed by atoms with Gasteiger partial charge in [-0.25, -0.2) is 0 Å². The van der Waals surface area contributed by atoms with Crippen molar-refractivity contribution in [1.29, 1.82) is 0 Å². The zero-order valence-corrected chi connectivity index (χ0v) is 12.3. The summed E-state index contributed by atoms with van der Waals surface area (Å²) in [5.74, 6) is 3.30. The van der Waals surface area contributed by atoms with E-state index in [1.54, 1.807) is 14.2 Å². The maximum Gasteiger partial charge on any atom is 0.123 e. The highest BCUT2D eigenvalue weighted by atomic mass is 16.5. The summed E-state index contributed by atoms with van der Waals surface area (Å²) in [4.78, 5) is 2.51. The summed E-state index contributed by atoms with van der Waals surface area (Å²) in [6.45, 7) is 3.20. The van der Waals surface area contributed by atoms with Crippen LogP contribution in [-0.2, 0) is 6.54 Å². The standard InChI is InChI=1S/C16H24N2O2/c1-19-13-4-6-16(20-2)12(7-13)9-18-8-11-3-5-15(17)14(11)10-18/h4,6-7,11,14-15H,3,5,8-10,17H2,1-2H3. The highest BCUT2D eigenvalue weighted by Gasteiger charge is 2.40. The van der Waals surface area contributed by atoms with Crippen LogP contribution in [0, 0.1) is 11.8 Å². The van der Waals surface area contributed by atoms with Crippen molar-refractivity contribution in [2.24, 2.45) is 17.6 Å². The van der Waals surface area contributed by atoms with E-state index in [4.69, 9.17) is 15.2 Å². The van der Waals surface area contributed by atoms with Crippen LogP contribution < -0.4 is 15.2 Å². The van der Waals surface area contributed by atoms with Gasteiger partial charge >= 0.3 is 0 Å². The Kier molecular flexibility index (Phi) is 3.85. The lowest BCUT2D eigenvalue weighted by Gasteiger charge is -2.20. The molecule has 0 amide bonds. The molecule has 4 heteroatoms. The van der Waals surface area contributed by atoms with Crippen LogP contribution in [0.3, 0.4) is 0 Å². The second-order valence-corrected chi connectivity index (χ2v) is 6.04. The predicted octanol–water partition coefficient (Wildman–Crippen LogP) is 1.87. The molecule has 3 unspecified atom stereocenters. The van der Waals surface area contributed by atoms with Crippen molar-refractivity contribution in [2.45, 2.75) is 25.4 Å². The van der Waals surface area contributed by atoms with Gasteiger partial charge in [0.15, 0.2) is 0 Å². The van der Waals surface area contributed by atoms with E-state index < -0.39 is 0 Å². The lowest BCUT2D eigenvalue weighted by atomic mass is 9.98. The van der Waals surface area contributed by atoms with Gasteiger partial charge in [-0.05, 0) is 42.9 Å². The molecule has 3 atom stereocenters. The van der Waals surface area contributed by atoms with Crippen LogP contribution in [0.2, 0.25) is 0 Å². The first kappa shape index (κ1) is 13.7. The number of rotatable bonds is 4. The number of hydrogen-bond acceptors (Lipinski definition) is 4. The molecule has 1 saturated carbocycles. The molecule has 1 aromatic rings. The SMILES string of the molecule is COc1ccc(OC)c(CN2CC3CCC(N)C3C2)c1. The third-order valence-electron chi connectivity index (χ3n) is 4.87. The molecule has 2 fully saturated rings. The monoisotopic (exact) mass is 276 g/mol. The molecule has 110 valence electrons. The van der Waals surface area contributed by atoms with E-state index in [9.17, 15) is 0 Å². The van der Waals surface area contributed by atoms with Crippen molar-refractivity contribution in [3.8, 4) is 11.5 Å². The second kappa shape index (κ2) is 5.62. The molecule has 4 nitrogen and oxygen atoms in total. The molecular weight excluding hydrogens is 252 g/mol. The Labute approximate surface area is 120 Å². The summed E-state index contributed by atoms with van der Waals surface area (Å²) in [5, 5.41) is 0. The van der Waals surface area contributed by atoms with E-state index in [1.165, 1.54) is 24.9 Å². The van der Waals surface area contributed by atoms with E-state index in [-0.39, 0.29) is 0 Å². The largest absolute Gasteiger partial charge is 0.497 e. The van der Waals surface area contributed by atoms with E-state index in [0.29, 0.717) is 12.0 Å². The minimum Gasteiger partial charge on any atom is -0.497 e. The van der Waals surface area contributed by atoms with Crippen LogP contribution in [0.1, 0.15) is 18.4 Å². The molecule has 0 radical (unpaired) electrons. The summed E-state index contributed by atoms with van der Waals surface area (Å²) in [6.07, 6.45) is 2.49. The molecule has 0 bridgehead atoms. The van der Waals surface area contributed by atoms with Gasteiger partial charge in [0.1, 0.15) is 11.5 Å². The van der Waals surface area contributed by atoms with Crippen LogP contribution in [-0.4, -0.2) is 38.3 Å². The van der Waals surface area contributed by atoms with Gasteiger partial charge in [0.2, 0.25) is 0 Å². The molecule has 1 aliphatic heterocycles. The average molecular weight is 276 g/mol. The smallest absolute Gasteiger partial charge is 0.123 e. The molecule has 1 heterocycles. The molecule has 1 aliphatic carbocycles. The van der Waals surface area contributed by atoms with Crippen molar-refractivity contribution in [1.82, 2.24) is 4.90 Å². The number of benzene rings is 1. The summed E-state index contributed by atoms with van der Waals surface area (Å²) in [6, 6.07) is 6.40. The van der Waals surface area contributed by atoms with Crippen LogP contribution in [0.15, 0.2) is 18.2 Å². The van der Waals surface area contributed by atoms with Crippen molar-refractivity contribution in [3.05, 3.63) is 23.8 Å². The Balaban J connectivity index is 1.72. The van der Waals surface area contributed by atoms with E-state index >= 15 is 0 Å². The van der Waals surface area contributed by atoms with E-state index in [0.717, 1.165) is 30.5 Å². The second-order valence-electron chi connectivity index (χ2n) is 6.04. The number of likely N-dealkylation sites (tertiary alicyclic amines) is 1. The fourth-order valence-electron chi connectivity index (χ4n) is 3.78. The molecule has 1 saturated heterocycles. The van der Waals surface area contributed by atoms with Gasteiger partial charge in [-0.2, -0.15) is 0 Å². The average Bonchev–Trinajstić information content (AvgIpc) is 3.01. The molecule has 0 spiro atoms. The van der Waals surface area contributed by atoms with Gasteiger partial charge in [-0.15, -0.1) is 0 Å². The number of fused-ring (bicyclic) bond motifs is 1. The van der Waals surface area contributed by atoms with Crippen molar-refractivity contribution in [3.63, 3.8) is 0 Å². The Morgan fingerprint density at radius 3 is 2.75 bits per heavy atom. The molecule has 2 aliphatic rings. The Morgan fingerprint density at radius 1 is 1.20 bits per heavy atom. The van der Waals surface area contributed by atoms with Gasteiger partial charge < -0.3 is 15.2 Å². The highest BCUT2D eigenvalue weighted by Crippen LogP contribution is 2.38. The highest BCUT2D eigenvalue weighted by molar-refractivity contribution is 5.40. The summed E-state index contributed by atoms with van der Waals surface area (Å²) < 4.78 is 10.8. The maximum absolute atomic E-state index is 6.21. The summed E-state index contributed by atoms with van der Waals surface area (Å²) in [5.41, 5.74) is 7.40. The molecule has 20 heavy (non-hydrogen) atoms. The maximum atomic E-state index is 6.21. The number of ether oxygens (including phenoxy) is 2. The molecule has 3 rings (SSSR count). The van der Waals surface area contributed by atoms with Crippen molar-refractivity contribution < 1.29 is 9.47 Å². The van der Waals surface area contributed by atoms with Gasteiger partial charge in [0.25, 0.3) is 0 Å². The van der Waals surface area contributed by atoms with Crippen molar-refractivity contribution >= 4 is 0 Å². The van der Waals surface area contributed by atoms with Crippen LogP contribution in [0.25, 0.3) is 0 Å². The Hall–Kier alpha value is -1.26. The Morgan fingerprint density at radius 2 is 2.05 bits per heavy atom. The fraction of sp³-hybridized carbons (Fsp3) is 0.625. The molecule has 2 N–H and O–H groups in total. The topological polar surface area (TPSA) is 47.7 Å². The summed E-state index contributed by atoms with van der Waals surface area (Å²) in [7, 11) is 3.42. The lowest BCUT2D eigenvalue weighted by molar-refractivity contribution is 0.291. The minimum atomic E-state index is 0.400. The van der Waals surface area contributed by atoms with Crippen molar-refractivity contribution in [2.75, 3.05) is 27.3 Å². The van der Waals surface area contributed by atoms with Crippen LogP contribution in [0.5, 0.6) is 11.5 Å². The fourth-order valence-corrected chi connectivity index (χ4v) is 3.78. The quantitative estimate of drug-likeness (QED) is 0.912. The first-order valence-electron chi connectivity index (χ1n) is 7.40. The third kappa shape index (κ3) is 2.50. The first-order chi connectivity index (χ1) is 9.71. The molecular formula is C16H24N2O2. The van der Waals surface area contributed by atoms with Gasteiger partial charge in [0.05, 0.1) is 14.2 Å². The number of methoxy groups -OCH3 is 2. The predicted molar refractivity (Wildman–Crippen MR) is 79.0 cm³/mol.